The number of benzene rings is 2. The standard InChI is InChI=1S/C33H48O5/c1-4-5-6-7-8-9-10-17-22-32(25-30(32,2)37-28-18-13-11-14-19-28)33(36-24-27(35)23-34)26-31(33,3)38-29-20-15-12-16-21-29/h11-16,18-21,27,34-35H,4-10,17,22-26H2,1-3H3. The number of aliphatic hydroxyl groups is 2. The maximum absolute atomic E-state index is 10.2. The first kappa shape index (κ1) is 28.9. The Kier molecular flexibility index (Phi) is 9.44. The van der Waals surface area contributed by atoms with Crippen molar-refractivity contribution < 1.29 is 24.4 Å². The second kappa shape index (κ2) is 12.4. The molecule has 0 aliphatic heterocycles. The molecule has 210 valence electrons. The van der Waals surface area contributed by atoms with E-state index in [2.05, 4.69) is 20.8 Å². The van der Waals surface area contributed by atoms with E-state index >= 15 is 0 Å². The lowest BCUT2D eigenvalue weighted by molar-refractivity contribution is -0.118. The number of hydrogen-bond donors (Lipinski definition) is 2. The van der Waals surface area contributed by atoms with Gasteiger partial charge in [-0.05, 0) is 51.0 Å². The Labute approximate surface area is 229 Å². The zero-order chi connectivity index (χ0) is 27.1. The largest absolute Gasteiger partial charge is 0.487 e. The van der Waals surface area contributed by atoms with Crippen molar-refractivity contribution in [2.75, 3.05) is 13.2 Å². The molecule has 5 atom stereocenters. The summed E-state index contributed by atoms with van der Waals surface area (Å²) in [4.78, 5) is 0. The van der Waals surface area contributed by atoms with E-state index in [-0.39, 0.29) is 18.6 Å². The van der Waals surface area contributed by atoms with E-state index in [0.717, 1.165) is 37.2 Å². The predicted octanol–water partition coefficient (Wildman–Crippen LogP) is 7.10. The molecular formula is C33H48O5. The van der Waals surface area contributed by atoms with Gasteiger partial charge in [0.1, 0.15) is 34.4 Å². The predicted molar refractivity (Wildman–Crippen MR) is 152 cm³/mol. The number of rotatable bonds is 18. The molecule has 0 radical (unpaired) electrons. The van der Waals surface area contributed by atoms with Crippen LogP contribution in [0.15, 0.2) is 60.7 Å². The van der Waals surface area contributed by atoms with E-state index in [9.17, 15) is 10.2 Å². The number of unbranched alkanes of at least 4 members (excludes halogenated alkanes) is 7. The van der Waals surface area contributed by atoms with Crippen LogP contribution in [0.5, 0.6) is 11.5 Å². The molecule has 2 saturated carbocycles. The molecule has 4 rings (SSSR count). The summed E-state index contributed by atoms with van der Waals surface area (Å²) < 4.78 is 20.0. The lowest BCUT2D eigenvalue weighted by atomic mass is 9.83. The average molecular weight is 525 g/mol. The Hall–Kier alpha value is -2.08. The number of hydrogen-bond acceptors (Lipinski definition) is 5. The lowest BCUT2D eigenvalue weighted by Crippen LogP contribution is -2.46. The van der Waals surface area contributed by atoms with Crippen LogP contribution in [0.25, 0.3) is 0 Å². The molecule has 2 aromatic rings. The molecule has 0 amide bonds. The zero-order valence-electron chi connectivity index (χ0n) is 23.7. The van der Waals surface area contributed by atoms with E-state index in [0.29, 0.717) is 0 Å². The Balaban J connectivity index is 1.54. The zero-order valence-corrected chi connectivity index (χ0v) is 23.7. The second-order valence-electron chi connectivity index (χ2n) is 11.9. The molecule has 0 saturated heterocycles. The van der Waals surface area contributed by atoms with Gasteiger partial charge >= 0.3 is 0 Å². The molecule has 5 unspecified atom stereocenters. The van der Waals surface area contributed by atoms with Crippen molar-refractivity contribution in [1.29, 1.82) is 0 Å². The summed E-state index contributed by atoms with van der Waals surface area (Å²) in [6.45, 7) is 6.34. The fraction of sp³-hybridized carbons (Fsp3) is 0.636. The van der Waals surface area contributed by atoms with Gasteiger partial charge in [0.25, 0.3) is 0 Å². The summed E-state index contributed by atoms with van der Waals surface area (Å²) in [7, 11) is 0. The van der Waals surface area contributed by atoms with Crippen molar-refractivity contribution in [3.05, 3.63) is 60.7 Å². The minimum absolute atomic E-state index is 0.0742. The molecule has 5 nitrogen and oxygen atoms in total. The van der Waals surface area contributed by atoms with Crippen LogP contribution in [0.4, 0.5) is 0 Å². The van der Waals surface area contributed by atoms with Crippen molar-refractivity contribution in [3.8, 4) is 11.5 Å². The van der Waals surface area contributed by atoms with Crippen LogP contribution in [-0.4, -0.2) is 46.3 Å². The molecule has 0 bridgehead atoms. The molecular weight excluding hydrogens is 476 g/mol. The molecule has 2 aliphatic rings. The Morgan fingerprint density at radius 3 is 1.82 bits per heavy atom. The van der Waals surface area contributed by atoms with Crippen LogP contribution in [0.2, 0.25) is 0 Å². The maximum atomic E-state index is 10.2. The Morgan fingerprint density at radius 2 is 1.26 bits per heavy atom. The minimum Gasteiger partial charge on any atom is -0.487 e. The smallest absolute Gasteiger partial charge is 0.139 e. The third-order valence-electron chi connectivity index (χ3n) is 8.98. The van der Waals surface area contributed by atoms with Crippen molar-refractivity contribution in [2.24, 2.45) is 5.41 Å². The molecule has 2 aliphatic carbocycles. The van der Waals surface area contributed by atoms with Crippen LogP contribution in [0.3, 0.4) is 0 Å². The molecule has 2 N–H and O–H groups in total. The fourth-order valence-electron chi connectivity index (χ4n) is 6.71. The maximum Gasteiger partial charge on any atom is 0.139 e. The van der Waals surface area contributed by atoms with Crippen molar-refractivity contribution in [1.82, 2.24) is 0 Å². The van der Waals surface area contributed by atoms with Gasteiger partial charge < -0.3 is 24.4 Å². The highest BCUT2D eigenvalue weighted by Gasteiger charge is 2.88. The Morgan fingerprint density at radius 1 is 0.737 bits per heavy atom. The highest BCUT2D eigenvalue weighted by Crippen LogP contribution is 2.78. The van der Waals surface area contributed by atoms with Gasteiger partial charge in [-0.2, -0.15) is 0 Å². The van der Waals surface area contributed by atoms with E-state index in [1.54, 1.807) is 0 Å². The topological polar surface area (TPSA) is 68.2 Å². The quantitative estimate of drug-likeness (QED) is 0.204. The third kappa shape index (κ3) is 6.05. The fourth-order valence-corrected chi connectivity index (χ4v) is 6.71. The molecule has 5 heteroatoms. The summed E-state index contributed by atoms with van der Waals surface area (Å²) in [5, 5.41) is 19.8. The lowest BCUT2D eigenvalue weighted by Gasteiger charge is -2.36. The average Bonchev–Trinajstić information content (AvgIpc) is 3.74. The van der Waals surface area contributed by atoms with E-state index in [1.807, 2.05) is 60.7 Å². The monoisotopic (exact) mass is 524 g/mol. The molecule has 0 aromatic heterocycles. The molecule has 0 spiro atoms. The normalized spacial score (nSPS) is 30.6. The summed E-state index contributed by atoms with van der Waals surface area (Å²) in [6, 6.07) is 19.9. The Bertz CT molecular complexity index is 983. The second-order valence-corrected chi connectivity index (χ2v) is 11.9. The van der Waals surface area contributed by atoms with E-state index in [4.69, 9.17) is 14.2 Å². The van der Waals surface area contributed by atoms with E-state index < -0.39 is 22.9 Å². The van der Waals surface area contributed by atoms with Crippen LogP contribution in [0.1, 0.15) is 91.4 Å². The van der Waals surface area contributed by atoms with Gasteiger partial charge in [0.15, 0.2) is 0 Å². The van der Waals surface area contributed by atoms with Gasteiger partial charge in [0.05, 0.1) is 13.2 Å². The number of aliphatic hydroxyl groups excluding tert-OH is 2. The summed E-state index contributed by atoms with van der Waals surface area (Å²) in [5.74, 6) is 1.68. The molecule has 2 fully saturated rings. The summed E-state index contributed by atoms with van der Waals surface area (Å²) in [5.41, 5.74) is -1.83. The van der Waals surface area contributed by atoms with Crippen molar-refractivity contribution in [3.63, 3.8) is 0 Å². The van der Waals surface area contributed by atoms with E-state index in [1.165, 1.54) is 44.9 Å². The van der Waals surface area contributed by atoms with Gasteiger partial charge in [-0.1, -0.05) is 94.7 Å². The first-order valence-electron chi connectivity index (χ1n) is 14.7. The van der Waals surface area contributed by atoms with Crippen molar-refractivity contribution in [2.45, 2.75) is 114 Å². The van der Waals surface area contributed by atoms with Crippen LogP contribution < -0.4 is 9.47 Å². The van der Waals surface area contributed by atoms with Crippen LogP contribution in [0, 0.1) is 5.41 Å². The third-order valence-corrected chi connectivity index (χ3v) is 8.98. The summed E-state index contributed by atoms with van der Waals surface area (Å²) >= 11 is 0. The minimum atomic E-state index is -0.923. The first-order chi connectivity index (χ1) is 18.3. The number of ether oxygens (including phenoxy) is 3. The SMILES string of the molecule is CCCCCCCCCCC1(C2(OCC(O)CO)CC2(C)Oc2ccccc2)CC1(C)Oc1ccccc1. The van der Waals surface area contributed by atoms with Gasteiger partial charge in [0.2, 0.25) is 0 Å². The summed E-state index contributed by atoms with van der Waals surface area (Å²) in [6.07, 6.45) is 11.8. The van der Waals surface area contributed by atoms with Crippen LogP contribution >= 0.6 is 0 Å². The molecule has 38 heavy (non-hydrogen) atoms. The first-order valence-corrected chi connectivity index (χ1v) is 14.7. The molecule has 0 heterocycles. The van der Waals surface area contributed by atoms with Crippen molar-refractivity contribution >= 4 is 0 Å². The highest BCUT2D eigenvalue weighted by atomic mass is 16.6. The van der Waals surface area contributed by atoms with Gasteiger partial charge in [-0.15, -0.1) is 0 Å². The van der Waals surface area contributed by atoms with Gasteiger partial charge in [-0.25, -0.2) is 0 Å². The van der Waals surface area contributed by atoms with Gasteiger partial charge in [-0.3, -0.25) is 0 Å². The highest BCUT2D eigenvalue weighted by molar-refractivity contribution is 5.41. The van der Waals surface area contributed by atoms with Crippen LogP contribution in [-0.2, 0) is 4.74 Å². The van der Waals surface area contributed by atoms with Gasteiger partial charge in [0, 0.05) is 11.8 Å². The molecule has 2 aromatic carbocycles. The number of para-hydroxylation sites is 2.